The number of hydrogen-bond donors (Lipinski definition) is 0. The Balaban J connectivity index is 1.62. The first kappa shape index (κ1) is 13.9. The summed E-state index contributed by atoms with van der Waals surface area (Å²) in [6, 6.07) is 8.90. The van der Waals surface area contributed by atoms with Gasteiger partial charge in [0.1, 0.15) is 0 Å². The Bertz CT molecular complexity index is 546. The number of ether oxygens (including phenoxy) is 1. The van der Waals surface area contributed by atoms with E-state index in [9.17, 15) is 0 Å². The molecular weight excluding hydrogens is 268 g/mol. The van der Waals surface area contributed by atoms with Gasteiger partial charge in [0.15, 0.2) is 0 Å². The zero-order chi connectivity index (χ0) is 13.8. The number of hydrogen-bond acceptors (Lipinski definition) is 4. The van der Waals surface area contributed by atoms with Crippen molar-refractivity contribution in [1.82, 2.24) is 4.90 Å². The summed E-state index contributed by atoms with van der Waals surface area (Å²) >= 11 is 1.83. The van der Waals surface area contributed by atoms with Crippen LogP contribution in [0.3, 0.4) is 0 Å². The SMILES string of the molecule is COCCCN1CCN(c2cccc3sccc23)CC1. The van der Waals surface area contributed by atoms with E-state index in [1.165, 1.54) is 15.8 Å². The van der Waals surface area contributed by atoms with Gasteiger partial charge in [0.2, 0.25) is 0 Å². The van der Waals surface area contributed by atoms with Gasteiger partial charge >= 0.3 is 0 Å². The lowest BCUT2D eigenvalue weighted by Gasteiger charge is -2.36. The van der Waals surface area contributed by atoms with Crippen LogP contribution in [0.15, 0.2) is 29.6 Å². The molecule has 0 saturated carbocycles. The molecule has 1 aromatic carbocycles. The first-order chi connectivity index (χ1) is 9.88. The van der Waals surface area contributed by atoms with E-state index < -0.39 is 0 Å². The third-order valence-corrected chi connectivity index (χ3v) is 4.89. The molecule has 1 aliphatic rings. The van der Waals surface area contributed by atoms with Crippen LogP contribution < -0.4 is 4.90 Å². The molecule has 0 atom stereocenters. The van der Waals surface area contributed by atoms with Gasteiger partial charge in [0.25, 0.3) is 0 Å². The summed E-state index contributed by atoms with van der Waals surface area (Å²) < 4.78 is 6.52. The highest BCUT2D eigenvalue weighted by molar-refractivity contribution is 7.17. The Labute approximate surface area is 124 Å². The van der Waals surface area contributed by atoms with Gasteiger partial charge in [-0.3, -0.25) is 4.90 Å². The molecule has 3 rings (SSSR count). The fourth-order valence-electron chi connectivity index (χ4n) is 2.90. The van der Waals surface area contributed by atoms with Gasteiger partial charge in [-0.25, -0.2) is 0 Å². The summed E-state index contributed by atoms with van der Waals surface area (Å²) in [7, 11) is 1.78. The summed E-state index contributed by atoms with van der Waals surface area (Å²) in [5.41, 5.74) is 1.40. The van der Waals surface area contributed by atoms with Crippen LogP contribution in [0, 0.1) is 0 Å². The van der Waals surface area contributed by atoms with Gasteiger partial charge in [-0.15, -0.1) is 11.3 Å². The number of rotatable bonds is 5. The minimum absolute atomic E-state index is 0.869. The minimum Gasteiger partial charge on any atom is -0.385 e. The highest BCUT2D eigenvalue weighted by atomic mass is 32.1. The van der Waals surface area contributed by atoms with Crippen LogP contribution in [0.2, 0.25) is 0 Å². The molecule has 108 valence electrons. The second-order valence-electron chi connectivity index (χ2n) is 5.28. The van der Waals surface area contributed by atoms with Gasteiger partial charge in [-0.05, 0) is 30.0 Å². The van der Waals surface area contributed by atoms with Crippen molar-refractivity contribution in [3.8, 4) is 0 Å². The standard InChI is InChI=1S/C16H22N2OS/c1-19-12-3-7-17-8-10-18(11-9-17)15-4-2-5-16-14(15)6-13-20-16/h2,4-6,13H,3,7-12H2,1H3. The third kappa shape index (κ3) is 2.97. The third-order valence-electron chi connectivity index (χ3n) is 4.01. The molecule has 0 spiro atoms. The molecule has 0 aliphatic carbocycles. The Morgan fingerprint density at radius 2 is 2.00 bits per heavy atom. The zero-order valence-electron chi connectivity index (χ0n) is 12.0. The monoisotopic (exact) mass is 290 g/mol. The summed E-state index contributed by atoms with van der Waals surface area (Å²) in [4.78, 5) is 5.07. The van der Waals surface area contributed by atoms with Gasteiger partial charge in [-0.2, -0.15) is 0 Å². The van der Waals surface area contributed by atoms with E-state index in [2.05, 4.69) is 39.4 Å². The van der Waals surface area contributed by atoms with Crippen molar-refractivity contribution in [2.24, 2.45) is 0 Å². The number of fused-ring (bicyclic) bond motifs is 1. The maximum atomic E-state index is 5.13. The number of piperazine rings is 1. The predicted octanol–water partition coefficient (Wildman–Crippen LogP) is 3.06. The summed E-state index contributed by atoms with van der Waals surface area (Å²) in [6.45, 7) is 6.59. The lowest BCUT2D eigenvalue weighted by molar-refractivity contribution is 0.169. The van der Waals surface area contributed by atoms with Crippen LogP contribution in [0.1, 0.15) is 6.42 Å². The summed E-state index contributed by atoms with van der Waals surface area (Å²) in [5, 5.41) is 3.60. The van der Waals surface area contributed by atoms with Crippen molar-refractivity contribution in [2.45, 2.75) is 6.42 Å². The normalized spacial score (nSPS) is 16.9. The van der Waals surface area contributed by atoms with Gasteiger partial charge in [0, 0.05) is 62.2 Å². The Kier molecular flexibility index (Phi) is 4.55. The first-order valence-corrected chi connectivity index (χ1v) is 8.19. The molecule has 0 radical (unpaired) electrons. The second kappa shape index (κ2) is 6.57. The molecule has 2 heterocycles. The minimum atomic E-state index is 0.869. The number of nitrogens with zero attached hydrogens (tertiary/aromatic N) is 2. The van der Waals surface area contributed by atoms with Gasteiger partial charge in [-0.1, -0.05) is 6.07 Å². The van der Waals surface area contributed by atoms with E-state index in [0.717, 1.165) is 45.8 Å². The van der Waals surface area contributed by atoms with E-state index in [1.807, 2.05) is 11.3 Å². The van der Waals surface area contributed by atoms with Crippen LogP contribution in [0.25, 0.3) is 10.1 Å². The maximum Gasteiger partial charge on any atom is 0.0474 e. The molecule has 4 heteroatoms. The molecule has 0 amide bonds. The Hall–Kier alpha value is -1.10. The fraction of sp³-hybridized carbons (Fsp3) is 0.500. The van der Waals surface area contributed by atoms with E-state index in [0.29, 0.717) is 0 Å². The van der Waals surface area contributed by atoms with Crippen molar-refractivity contribution < 1.29 is 4.74 Å². The van der Waals surface area contributed by atoms with E-state index >= 15 is 0 Å². The maximum absolute atomic E-state index is 5.13. The lowest BCUT2D eigenvalue weighted by Crippen LogP contribution is -2.46. The van der Waals surface area contributed by atoms with Crippen LogP contribution >= 0.6 is 11.3 Å². The highest BCUT2D eigenvalue weighted by Gasteiger charge is 2.18. The van der Waals surface area contributed by atoms with E-state index in [4.69, 9.17) is 4.74 Å². The van der Waals surface area contributed by atoms with E-state index in [-0.39, 0.29) is 0 Å². The summed E-state index contributed by atoms with van der Waals surface area (Å²) in [6.07, 6.45) is 1.14. The quantitative estimate of drug-likeness (QED) is 0.787. The molecule has 3 nitrogen and oxygen atoms in total. The Morgan fingerprint density at radius 3 is 2.80 bits per heavy atom. The number of methoxy groups -OCH3 is 1. The van der Waals surface area contributed by atoms with Crippen molar-refractivity contribution in [3.05, 3.63) is 29.6 Å². The van der Waals surface area contributed by atoms with Crippen LogP contribution in [0.4, 0.5) is 5.69 Å². The number of benzene rings is 1. The van der Waals surface area contributed by atoms with Crippen LogP contribution in [-0.4, -0.2) is 51.3 Å². The average Bonchev–Trinajstić information content (AvgIpc) is 2.97. The van der Waals surface area contributed by atoms with Gasteiger partial charge < -0.3 is 9.64 Å². The zero-order valence-corrected chi connectivity index (χ0v) is 12.9. The molecule has 1 fully saturated rings. The van der Waals surface area contributed by atoms with Crippen molar-refractivity contribution in [3.63, 3.8) is 0 Å². The smallest absolute Gasteiger partial charge is 0.0474 e. The number of anilines is 1. The Morgan fingerprint density at radius 1 is 1.15 bits per heavy atom. The van der Waals surface area contributed by atoms with Crippen molar-refractivity contribution in [2.75, 3.05) is 51.3 Å². The van der Waals surface area contributed by atoms with Crippen molar-refractivity contribution in [1.29, 1.82) is 0 Å². The van der Waals surface area contributed by atoms with Gasteiger partial charge in [0.05, 0.1) is 0 Å². The predicted molar refractivity (Wildman–Crippen MR) is 87.0 cm³/mol. The molecule has 2 aromatic rings. The highest BCUT2D eigenvalue weighted by Crippen LogP contribution is 2.30. The summed E-state index contributed by atoms with van der Waals surface area (Å²) in [5.74, 6) is 0. The molecule has 0 N–H and O–H groups in total. The topological polar surface area (TPSA) is 15.7 Å². The molecule has 0 bridgehead atoms. The molecule has 1 aromatic heterocycles. The molecule has 1 saturated heterocycles. The first-order valence-electron chi connectivity index (χ1n) is 7.31. The second-order valence-corrected chi connectivity index (χ2v) is 6.23. The van der Waals surface area contributed by atoms with Crippen LogP contribution in [0.5, 0.6) is 0 Å². The molecule has 20 heavy (non-hydrogen) atoms. The van der Waals surface area contributed by atoms with E-state index in [1.54, 1.807) is 7.11 Å². The molecular formula is C16H22N2OS. The molecule has 0 unspecified atom stereocenters. The van der Waals surface area contributed by atoms with Crippen molar-refractivity contribution >= 4 is 27.1 Å². The van der Waals surface area contributed by atoms with Crippen LogP contribution in [-0.2, 0) is 4.74 Å². The number of thiophene rings is 1. The fourth-order valence-corrected chi connectivity index (χ4v) is 3.71. The largest absolute Gasteiger partial charge is 0.385 e. The lowest BCUT2D eigenvalue weighted by atomic mass is 10.2. The molecule has 1 aliphatic heterocycles. The average molecular weight is 290 g/mol.